The van der Waals surface area contributed by atoms with Crippen LogP contribution in [0.15, 0.2) is 12.1 Å². The number of rotatable bonds is 8. The van der Waals surface area contributed by atoms with Crippen LogP contribution in [0.1, 0.15) is 20.3 Å². The summed E-state index contributed by atoms with van der Waals surface area (Å²) in [6, 6.07) is 3.69. The van der Waals surface area contributed by atoms with Crippen molar-refractivity contribution in [2.75, 3.05) is 33.2 Å². The summed E-state index contributed by atoms with van der Waals surface area (Å²) in [5.74, 6) is 1.55. The highest BCUT2D eigenvalue weighted by molar-refractivity contribution is 5.81. The summed E-state index contributed by atoms with van der Waals surface area (Å²) in [5.41, 5.74) is 0.726. The lowest BCUT2D eigenvalue weighted by Crippen LogP contribution is -2.36. The lowest BCUT2D eigenvalue weighted by Gasteiger charge is -2.16. The highest BCUT2D eigenvalue weighted by atomic mass is 16.5. The Hall–Kier alpha value is -2.11. The van der Waals surface area contributed by atoms with E-state index >= 15 is 0 Å². The standard InChI is InChI=1S/C15H24N2O4/c1-6-10(2)17-14(18)9-16-11-7-12(19-3)15(21-5)13(8-11)20-4/h7-8,10,16H,6,9H2,1-5H3,(H,17,18). The minimum absolute atomic E-state index is 0.0573. The second kappa shape index (κ2) is 8.24. The molecule has 6 nitrogen and oxygen atoms in total. The SMILES string of the molecule is CCC(C)NC(=O)CNc1cc(OC)c(OC)c(OC)c1. The Morgan fingerprint density at radius 2 is 1.71 bits per heavy atom. The number of hydrogen-bond acceptors (Lipinski definition) is 5. The van der Waals surface area contributed by atoms with Gasteiger partial charge in [0.05, 0.1) is 27.9 Å². The molecule has 0 bridgehead atoms. The summed E-state index contributed by atoms with van der Waals surface area (Å²) in [7, 11) is 4.65. The van der Waals surface area contributed by atoms with E-state index in [2.05, 4.69) is 10.6 Å². The number of nitrogens with one attached hydrogen (secondary N) is 2. The van der Waals surface area contributed by atoms with E-state index in [9.17, 15) is 4.79 Å². The number of hydrogen-bond donors (Lipinski definition) is 2. The van der Waals surface area contributed by atoms with Crippen molar-refractivity contribution >= 4 is 11.6 Å². The maximum Gasteiger partial charge on any atom is 0.239 e. The van der Waals surface area contributed by atoms with Crippen LogP contribution < -0.4 is 24.8 Å². The van der Waals surface area contributed by atoms with Crippen molar-refractivity contribution in [2.45, 2.75) is 26.3 Å². The predicted molar refractivity (Wildman–Crippen MR) is 82.5 cm³/mol. The van der Waals surface area contributed by atoms with E-state index in [1.54, 1.807) is 33.5 Å². The predicted octanol–water partition coefficient (Wildman–Crippen LogP) is 2.04. The minimum atomic E-state index is -0.0573. The van der Waals surface area contributed by atoms with Gasteiger partial charge in [0, 0.05) is 23.9 Å². The molecule has 2 N–H and O–H groups in total. The van der Waals surface area contributed by atoms with Crippen LogP contribution >= 0.6 is 0 Å². The van der Waals surface area contributed by atoms with Crippen LogP contribution in [0.4, 0.5) is 5.69 Å². The highest BCUT2D eigenvalue weighted by Crippen LogP contribution is 2.39. The second-order valence-electron chi connectivity index (χ2n) is 4.64. The molecule has 1 amide bonds. The number of methoxy groups -OCH3 is 3. The van der Waals surface area contributed by atoms with E-state index in [4.69, 9.17) is 14.2 Å². The van der Waals surface area contributed by atoms with Gasteiger partial charge in [-0.2, -0.15) is 0 Å². The monoisotopic (exact) mass is 296 g/mol. The van der Waals surface area contributed by atoms with Crippen molar-refractivity contribution in [3.05, 3.63) is 12.1 Å². The number of ether oxygens (including phenoxy) is 3. The first-order chi connectivity index (χ1) is 10.0. The first-order valence-corrected chi connectivity index (χ1v) is 6.88. The fraction of sp³-hybridized carbons (Fsp3) is 0.533. The zero-order chi connectivity index (χ0) is 15.8. The molecular weight excluding hydrogens is 272 g/mol. The van der Waals surface area contributed by atoms with Gasteiger partial charge in [0.15, 0.2) is 11.5 Å². The Kier molecular flexibility index (Phi) is 6.65. The van der Waals surface area contributed by atoms with E-state index in [-0.39, 0.29) is 18.5 Å². The molecule has 0 fully saturated rings. The molecule has 118 valence electrons. The van der Waals surface area contributed by atoms with Gasteiger partial charge >= 0.3 is 0 Å². The summed E-state index contributed by atoms with van der Waals surface area (Å²) < 4.78 is 15.8. The number of carbonyl (C=O) groups excluding carboxylic acids is 1. The van der Waals surface area contributed by atoms with Gasteiger partial charge in [-0.1, -0.05) is 6.92 Å². The molecule has 0 saturated carbocycles. The molecule has 0 spiro atoms. The molecule has 21 heavy (non-hydrogen) atoms. The van der Waals surface area contributed by atoms with E-state index in [0.29, 0.717) is 17.2 Å². The van der Waals surface area contributed by atoms with Crippen molar-refractivity contribution < 1.29 is 19.0 Å². The highest BCUT2D eigenvalue weighted by Gasteiger charge is 2.13. The molecule has 0 aliphatic heterocycles. The first kappa shape index (κ1) is 16.9. The Labute approximate surface area is 125 Å². The lowest BCUT2D eigenvalue weighted by atomic mass is 10.2. The van der Waals surface area contributed by atoms with Crippen molar-refractivity contribution in [2.24, 2.45) is 0 Å². The van der Waals surface area contributed by atoms with Crippen LogP contribution in [0, 0.1) is 0 Å². The van der Waals surface area contributed by atoms with Crippen LogP contribution in [0.5, 0.6) is 17.2 Å². The first-order valence-electron chi connectivity index (χ1n) is 6.88. The van der Waals surface area contributed by atoms with Crippen LogP contribution in [-0.2, 0) is 4.79 Å². The van der Waals surface area contributed by atoms with Crippen LogP contribution in [-0.4, -0.2) is 39.8 Å². The Balaban J connectivity index is 2.78. The molecule has 0 aromatic heterocycles. The molecule has 0 heterocycles. The number of carbonyl (C=O) groups is 1. The maximum absolute atomic E-state index is 11.8. The molecule has 6 heteroatoms. The van der Waals surface area contributed by atoms with Gasteiger partial charge in [-0.25, -0.2) is 0 Å². The molecular formula is C15H24N2O4. The van der Waals surface area contributed by atoms with Gasteiger partial charge in [0.2, 0.25) is 11.7 Å². The van der Waals surface area contributed by atoms with E-state index in [1.807, 2.05) is 13.8 Å². The summed E-state index contributed by atoms with van der Waals surface area (Å²) in [5, 5.41) is 5.94. The topological polar surface area (TPSA) is 68.8 Å². The largest absolute Gasteiger partial charge is 0.493 e. The zero-order valence-corrected chi connectivity index (χ0v) is 13.3. The molecule has 0 radical (unpaired) electrons. The summed E-state index contributed by atoms with van der Waals surface area (Å²) in [6.07, 6.45) is 0.899. The normalized spacial score (nSPS) is 11.5. The Morgan fingerprint density at radius 1 is 1.14 bits per heavy atom. The summed E-state index contributed by atoms with van der Waals surface area (Å²) in [4.78, 5) is 11.8. The smallest absolute Gasteiger partial charge is 0.239 e. The van der Waals surface area contributed by atoms with Crippen LogP contribution in [0.3, 0.4) is 0 Å². The van der Waals surface area contributed by atoms with Gasteiger partial charge in [0.1, 0.15) is 0 Å². The molecule has 0 aliphatic carbocycles. The summed E-state index contributed by atoms with van der Waals surface area (Å²) >= 11 is 0. The number of benzene rings is 1. The van der Waals surface area contributed by atoms with Gasteiger partial charge in [-0.05, 0) is 13.3 Å². The number of anilines is 1. The third-order valence-corrected chi connectivity index (χ3v) is 3.14. The molecule has 1 atom stereocenters. The average molecular weight is 296 g/mol. The molecule has 0 aliphatic rings. The molecule has 1 aromatic carbocycles. The van der Waals surface area contributed by atoms with Crippen molar-refractivity contribution in [3.8, 4) is 17.2 Å². The molecule has 1 rings (SSSR count). The van der Waals surface area contributed by atoms with E-state index < -0.39 is 0 Å². The van der Waals surface area contributed by atoms with Gasteiger partial charge in [0.25, 0.3) is 0 Å². The Morgan fingerprint density at radius 3 is 2.14 bits per heavy atom. The summed E-state index contributed by atoms with van der Waals surface area (Å²) in [6.45, 7) is 4.18. The minimum Gasteiger partial charge on any atom is -0.493 e. The second-order valence-corrected chi connectivity index (χ2v) is 4.64. The maximum atomic E-state index is 11.8. The quantitative estimate of drug-likeness (QED) is 0.768. The van der Waals surface area contributed by atoms with Crippen LogP contribution in [0.2, 0.25) is 0 Å². The van der Waals surface area contributed by atoms with E-state index in [1.165, 1.54) is 0 Å². The van der Waals surface area contributed by atoms with Gasteiger partial charge < -0.3 is 24.8 Å². The zero-order valence-electron chi connectivity index (χ0n) is 13.3. The lowest BCUT2D eigenvalue weighted by molar-refractivity contribution is -0.120. The number of amides is 1. The third kappa shape index (κ3) is 4.73. The van der Waals surface area contributed by atoms with E-state index in [0.717, 1.165) is 12.1 Å². The average Bonchev–Trinajstić information content (AvgIpc) is 2.51. The van der Waals surface area contributed by atoms with Crippen molar-refractivity contribution in [3.63, 3.8) is 0 Å². The fourth-order valence-corrected chi connectivity index (χ4v) is 1.79. The third-order valence-electron chi connectivity index (χ3n) is 3.14. The van der Waals surface area contributed by atoms with Crippen molar-refractivity contribution in [1.82, 2.24) is 5.32 Å². The molecule has 1 unspecified atom stereocenters. The van der Waals surface area contributed by atoms with Crippen LogP contribution in [0.25, 0.3) is 0 Å². The Bertz CT molecular complexity index is 452. The molecule has 0 saturated heterocycles. The molecule has 1 aromatic rings. The van der Waals surface area contributed by atoms with Crippen molar-refractivity contribution in [1.29, 1.82) is 0 Å². The fourth-order valence-electron chi connectivity index (χ4n) is 1.79. The van der Waals surface area contributed by atoms with Gasteiger partial charge in [-0.3, -0.25) is 4.79 Å². The van der Waals surface area contributed by atoms with Gasteiger partial charge in [-0.15, -0.1) is 0 Å².